The van der Waals surface area contributed by atoms with E-state index in [0.717, 1.165) is 13.7 Å². The fourth-order valence-electron chi connectivity index (χ4n) is 2.04. The zero-order chi connectivity index (χ0) is 15.4. The molecule has 0 aromatic carbocycles. The van der Waals surface area contributed by atoms with Gasteiger partial charge in [-0.15, -0.1) is 0 Å². The molecule has 20 heavy (non-hydrogen) atoms. The van der Waals surface area contributed by atoms with E-state index in [4.69, 9.17) is 11.6 Å². The Hall–Kier alpha value is -2.42. The summed E-state index contributed by atoms with van der Waals surface area (Å²) in [6, 6.07) is 0. The fraction of sp³-hybridized carbons (Fsp3) is 0.300. The van der Waals surface area contributed by atoms with Crippen molar-refractivity contribution in [1.29, 1.82) is 0 Å². The third-order valence-corrected chi connectivity index (χ3v) is 3.44. The minimum absolute atomic E-state index is 0.0706. The molecule has 0 amide bonds. The molecule has 0 aliphatic rings. The van der Waals surface area contributed by atoms with E-state index in [0.29, 0.717) is 0 Å². The van der Waals surface area contributed by atoms with Crippen LogP contribution in [0.15, 0.2) is 14.4 Å². The van der Waals surface area contributed by atoms with Crippen molar-refractivity contribution in [1.82, 2.24) is 13.7 Å². The average molecular weight is 301 g/mol. The number of hydrogen-bond donors (Lipinski definition) is 0. The summed E-state index contributed by atoms with van der Waals surface area (Å²) in [6.07, 6.45) is 0. The van der Waals surface area contributed by atoms with E-state index in [1.165, 1.54) is 21.1 Å². The van der Waals surface area contributed by atoms with E-state index in [1.54, 1.807) is 0 Å². The van der Waals surface area contributed by atoms with E-state index in [-0.39, 0.29) is 11.0 Å². The number of nitrogens with zero attached hydrogens (tertiary/aromatic N) is 4. The zero-order valence-electron chi connectivity index (χ0n) is 10.7. The molecule has 0 bridgehead atoms. The van der Waals surface area contributed by atoms with Gasteiger partial charge >= 0.3 is 16.9 Å². The second-order valence-electron chi connectivity index (χ2n) is 4.19. The normalized spacial score (nSPS) is 11.0. The molecule has 0 spiro atoms. The summed E-state index contributed by atoms with van der Waals surface area (Å²) in [7, 11) is 3.79. The lowest BCUT2D eigenvalue weighted by atomic mass is 10.3. The molecule has 0 saturated heterocycles. The van der Waals surface area contributed by atoms with Crippen molar-refractivity contribution >= 4 is 28.3 Å². The smallest absolute Gasteiger partial charge is 0.291 e. The maximum atomic E-state index is 12.1. The Balaban J connectivity index is 3.36. The quantitative estimate of drug-likeness (QED) is 0.521. The summed E-state index contributed by atoms with van der Waals surface area (Å²) in [5.41, 5.74) is -3.42. The molecule has 0 aliphatic carbocycles. The molecular formula is C10H9ClN4O5. The Morgan fingerprint density at radius 1 is 1.00 bits per heavy atom. The lowest BCUT2D eigenvalue weighted by molar-refractivity contribution is -0.386. The minimum Gasteiger partial charge on any atom is -0.291 e. The average Bonchev–Trinajstić information content (AvgIpc) is 2.37. The van der Waals surface area contributed by atoms with Gasteiger partial charge < -0.3 is 0 Å². The Kier molecular flexibility index (Phi) is 3.01. The molecule has 0 saturated carbocycles. The predicted molar refractivity (Wildman–Crippen MR) is 71.3 cm³/mol. The van der Waals surface area contributed by atoms with Crippen LogP contribution in [-0.4, -0.2) is 18.6 Å². The van der Waals surface area contributed by atoms with Crippen molar-refractivity contribution in [3.63, 3.8) is 0 Å². The summed E-state index contributed by atoms with van der Waals surface area (Å²) in [5, 5.41) is 10.1. The molecule has 2 aromatic heterocycles. The van der Waals surface area contributed by atoms with E-state index < -0.39 is 32.4 Å². The topological polar surface area (TPSA) is 109 Å². The number of nitro groups is 1. The highest BCUT2D eigenvalue weighted by Crippen LogP contribution is 2.25. The van der Waals surface area contributed by atoms with Crippen LogP contribution in [0.4, 0.5) is 5.69 Å². The number of fused-ring (bicyclic) bond motifs is 1. The van der Waals surface area contributed by atoms with Crippen LogP contribution in [0.25, 0.3) is 11.0 Å². The predicted octanol–water partition coefficient (Wildman–Crippen LogP) is -0.503. The van der Waals surface area contributed by atoms with Crippen molar-refractivity contribution in [3.8, 4) is 0 Å². The van der Waals surface area contributed by atoms with E-state index in [2.05, 4.69) is 0 Å². The maximum Gasteiger partial charge on any atom is 0.353 e. The number of pyridine rings is 1. The van der Waals surface area contributed by atoms with E-state index >= 15 is 0 Å². The van der Waals surface area contributed by atoms with Gasteiger partial charge in [-0.1, -0.05) is 11.6 Å². The van der Waals surface area contributed by atoms with Crippen LogP contribution in [0.1, 0.15) is 0 Å². The first kappa shape index (κ1) is 14.0. The molecule has 2 heterocycles. The first-order chi connectivity index (χ1) is 9.20. The van der Waals surface area contributed by atoms with Gasteiger partial charge in [0, 0.05) is 21.1 Å². The number of hydrogen-bond acceptors (Lipinski definition) is 5. The minimum atomic E-state index is -0.990. The van der Waals surface area contributed by atoms with Crippen LogP contribution in [0, 0.1) is 10.1 Å². The van der Waals surface area contributed by atoms with Gasteiger partial charge in [0.05, 0.1) is 4.92 Å². The second kappa shape index (κ2) is 4.30. The van der Waals surface area contributed by atoms with Gasteiger partial charge in [-0.25, -0.2) is 4.79 Å². The summed E-state index contributed by atoms with van der Waals surface area (Å²) in [4.78, 5) is 45.8. The van der Waals surface area contributed by atoms with Crippen LogP contribution in [-0.2, 0) is 21.1 Å². The second-order valence-corrected chi connectivity index (χ2v) is 4.57. The van der Waals surface area contributed by atoms with Crippen LogP contribution in [0.5, 0.6) is 0 Å². The number of aryl methyl sites for hydroxylation is 2. The Bertz CT molecular complexity index is 936. The van der Waals surface area contributed by atoms with Crippen LogP contribution < -0.4 is 16.8 Å². The first-order valence-corrected chi connectivity index (χ1v) is 5.70. The highest BCUT2D eigenvalue weighted by molar-refractivity contribution is 6.37. The van der Waals surface area contributed by atoms with Gasteiger partial charge in [0.15, 0.2) is 0 Å². The number of aromatic nitrogens is 3. The maximum absolute atomic E-state index is 12.1. The van der Waals surface area contributed by atoms with E-state index in [1.807, 2.05) is 0 Å². The molecule has 9 nitrogen and oxygen atoms in total. The molecule has 2 aromatic rings. The van der Waals surface area contributed by atoms with Gasteiger partial charge in [-0.05, 0) is 0 Å². The molecule has 0 unspecified atom stereocenters. The monoisotopic (exact) mass is 300 g/mol. The molecule has 0 N–H and O–H groups in total. The molecule has 0 fully saturated rings. The largest absolute Gasteiger partial charge is 0.353 e. The summed E-state index contributed by atoms with van der Waals surface area (Å²) >= 11 is 5.83. The van der Waals surface area contributed by atoms with Crippen LogP contribution in [0.2, 0.25) is 5.02 Å². The SMILES string of the molecule is Cn1c(=O)c2c(Cl)c([N+](=O)[O-])c(=O)n(C)c2n(C)c1=O. The lowest BCUT2D eigenvalue weighted by Gasteiger charge is -2.11. The van der Waals surface area contributed by atoms with Gasteiger partial charge in [-0.3, -0.25) is 33.4 Å². The van der Waals surface area contributed by atoms with Crippen molar-refractivity contribution in [2.45, 2.75) is 0 Å². The van der Waals surface area contributed by atoms with Crippen LogP contribution in [0.3, 0.4) is 0 Å². The molecule has 0 atom stereocenters. The molecule has 106 valence electrons. The van der Waals surface area contributed by atoms with Gasteiger partial charge in [0.25, 0.3) is 5.56 Å². The highest BCUT2D eigenvalue weighted by atomic mass is 35.5. The van der Waals surface area contributed by atoms with E-state index in [9.17, 15) is 24.5 Å². The van der Waals surface area contributed by atoms with Gasteiger partial charge in [-0.2, -0.15) is 0 Å². The standard InChI is InChI=1S/C10H9ClN4O5/c1-12-7-4(5(11)6(9(12)17)15(19)20)8(16)14(3)10(18)13(7)2/h1-3H3. The third kappa shape index (κ3) is 1.59. The summed E-state index contributed by atoms with van der Waals surface area (Å²) < 4.78 is 2.66. The van der Waals surface area contributed by atoms with Crippen molar-refractivity contribution in [2.24, 2.45) is 21.1 Å². The molecular weight excluding hydrogens is 292 g/mol. The molecule has 10 heteroatoms. The molecule has 0 aliphatic heterocycles. The van der Waals surface area contributed by atoms with Crippen molar-refractivity contribution in [2.75, 3.05) is 0 Å². The molecule has 2 rings (SSSR count). The third-order valence-electron chi connectivity index (χ3n) is 3.07. The van der Waals surface area contributed by atoms with Crippen molar-refractivity contribution < 1.29 is 4.92 Å². The van der Waals surface area contributed by atoms with Gasteiger partial charge in [0.1, 0.15) is 16.1 Å². The first-order valence-electron chi connectivity index (χ1n) is 5.32. The number of rotatable bonds is 1. The summed E-state index contributed by atoms with van der Waals surface area (Å²) in [6.45, 7) is 0. The lowest BCUT2D eigenvalue weighted by Crippen LogP contribution is -2.39. The summed E-state index contributed by atoms with van der Waals surface area (Å²) in [5.74, 6) is 0. The Morgan fingerprint density at radius 3 is 2.05 bits per heavy atom. The van der Waals surface area contributed by atoms with Gasteiger partial charge in [0.2, 0.25) is 0 Å². The molecule has 0 radical (unpaired) electrons. The zero-order valence-corrected chi connectivity index (χ0v) is 11.5. The van der Waals surface area contributed by atoms with Crippen LogP contribution >= 0.6 is 11.6 Å². The number of halogens is 1. The Labute approximate surface area is 115 Å². The Morgan fingerprint density at radius 2 is 1.55 bits per heavy atom. The highest BCUT2D eigenvalue weighted by Gasteiger charge is 2.27. The van der Waals surface area contributed by atoms with Crippen molar-refractivity contribution in [3.05, 3.63) is 46.3 Å². The fourth-order valence-corrected chi connectivity index (χ4v) is 2.36.